The summed E-state index contributed by atoms with van der Waals surface area (Å²) in [5.41, 5.74) is 7.69. The van der Waals surface area contributed by atoms with Crippen molar-refractivity contribution in [3.8, 4) is 11.1 Å². The van der Waals surface area contributed by atoms with E-state index in [2.05, 4.69) is 62.7 Å². The molecule has 41 heavy (non-hydrogen) atoms. The third-order valence-electron chi connectivity index (χ3n) is 8.39. The van der Waals surface area contributed by atoms with Crippen LogP contribution in [-0.4, -0.2) is 52.8 Å². The van der Waals surface area contributed by atoms with Crippen molar-refractivity contribution < 1.29 is 4.79 Å². The molecule has 0 bridgehead atoms. The average molecular weight is 555 g/mol. The van der Waals surface area contributed by atoms with Crippen LogP contribution < -0.4 is 16.2 Å². The zero-order valence-corrected chi connectivity index (χ0v) is 24.9. The molecule has 1 aliphatic carbocycles. The van der Waals surface area contributed by atoms with Crippen molar-refractivity contribution in [1.82, 2.24) is 30.3 Å². The summed E-state index contributed by atoms with van der Waals surface area (Å²) in [4.78, 5) is 31.3. The molecule has 0 atom stereocenters. The van der Waals surface area contributed by atoms with Gasteiger partial charge in [0.2, 0.25) is 0 Å². The van der Waals surface area contributed by atoms with Gasteiger partial charge in [-0.25, -0.2) is 0 Å². The van der Waals surface area contributed by atoms with Crippen molar-refractivity contribution in [1.29, 1.82) is 0 Å². The summed E-state index contributed by atoms with van der Waals surface area (Å²) in [5, 5.41) is 12.3. The number of nitrogens with one attached hydrogen (secondary N) is 3. The van der Waals surface area contributed by atoms with Gasteiger partial charge in [-0.2, -0.15) is 5.10 Å². The van der Waals surface area contributed by atoms with Gasteiger partial charge >= 0.3 is 0 Å². The van der Waals surface area contributed by atoms with Crippen LogP contribution >= 0.6 is 0 Å². The average Bonchev–Trinajstić information content (AvgIpc) is 3.63. The van der Waals surface area contributed by atoms with E-state index in [1.54, 1.807) is 0 Å². The molecule has 1 saturated carbocycles. The van der Waals surface area contributed by atoms with Crippen LogP contribution in [0.1, 0.15) is 70.0 Å². The van der Waals surface area contributed by atoms with E-state index in [1.165, 1.54) is 18.4 Å². The summed E-state index contributed by atoms with van der Waals surface area (Å²) in [7, 11) is 4.10. The number of aryl methyl sites for hydroxylation is 3. The largest absolute Gasteiger partial charge is 0.348 e. The predicted molar refractivity (Wildman–Crippen MR) is 165 cm³/mol. The van der Waals surface area contributed by atoms with E-state index in [-0.39, 0.29) is 18.0 Å². The second-order valence-electron chi connectivity index (χ2n) is 11.6. The Bertz CT molecular complexity index is 1600. The Labute approximate surface area is 242 Å². The maximum Gasteiger partial charge on any atom is 0.253 e. The van der Waals surface area contributed by atoms with Crippen LogP contribution in [0.25, 0.3) is 22.0 Å². The minimum Gasteiger partial charge on any atom is -0.348 e. The maximum absolute atomic E-state index is 13.6. The van der Waals surface area contributed by atoms with Crippen molar-refractivity contribution in [2.45, 2.75) is 65.6 Å². The summed E-state index contributed by atoms with van der Waals surface area (Å²) in [6.07, 6.45) is 6.89. The lowest BCUT2D eigenvalue weighted by Gasteiger charge is -2.17. The molecule has 3 N–H and O–H groups in total. The van der Waals surface area contributed by atoms with E-state index < -0.39 is 0 Å². The number of likely N-dealkylation sites (N-methyl/N-ethyl adjacent to an activating group) is 2. The third-order valence-corrected chi connectivity index (χ3v) is 8.39. The number of hydrogen-bond donors (Lipinski definition) is 3. The molecule has 1 amide bonds. The summed E-state index contributed by atoms with van der Waals surface area (Å²) in [6.45, 7) is 8.69. The van der Waals surface area contributed by atoms with Gasteiger partial charge in [0.25, 0.3) is 11.5 Å². The van der Waals surface area contributed by atoms with Gasteiger partial charge in [-0.1, -0.05) is 37.1 Å². The number of amides is 1. The highest BCUT2D eigenvalue weighted by Crippen LogP contribution is 2.36. The lowest BCUT2D eigenvalue weighted by molar-refractivity contribution is 0.0950. The molecule has 1 aliphatic rings. The molecule has 0 aliphatic heterocycles. The lowest BCUT2D eigenvalue weighted by Crippen LogP contribution is -2.28. The molecular formula is C33H42N6O2. The Balaban J connectivity index is 1.50. The molecule has 8 nitrogen and oxygen atoms in total. The number of benzene rings is 2. The van der Waals surface area contributed by atoms with Crippen molar-refractivity contribution >= 4 is 16.8 Å². The highest BCUT2D eigenvalue weighted by molar-refractivity contribution is 6.06. The maximum atomic E-state index is 13.6. The van der Waals surface area contributed by atoms with Crippen molar-refractivity contribution in [2.75, 3.05) is 27.2 Å². The van der Waals surface area contributed by atoms with E-state index in [4.69, 9.17) is 5.10 Å². The fraction of sp³-hybridized carbons (Fsp3) is 0.424. The molecule has 1 fully saturated rings. The first-order valence-corrected chi connectivity index (χ1v) is 14.7. The first-order valence-electron chi connectivity index (χ1n) is 14.7. The molecule has 8 heteroatoms. The molecular weight excluding hydrogens is 512 g/mol. The number of aromatic amines is 1. The second-order valence-corrected chi connectivity index (χ2v) is 11.6. The molecule has 2 aromatic carbocycles. The Hall–Kier alpha value is -3.75. The minimum absolute atomic E-state index is 0.164. The summed E-state index contributed by atoms with van der Waals surface area (Å²) in [6, 6.07) is 13.0. The predicted octanol–water partition coefficient (Wildman–Crippen LogP) is 5.01. The van der Waals surface area contributed by atoms with E-state index in [0.29, 0.717) is 17.2 Å². The van der Waals surface area contributed by atoms with Gasteiger partial charge in [-0.15, -0.1) is 0 Å². The van der Waals surface area contributed by atoms with Gasteiger partial charge in [-0.05, 0) is 87.7 Å². The lowest BCUT2D eigenvalue weighted by atomic mass is 9.94. The SMILES string of the molecule is CNCCN(C)Cc1ccc(-c2cc(C(=O)NCc3c(C)cc(C)[nH]c3=O)c(C)c3nn(C4CCCC4)cc23)cc1. The fourth-order valence-corrected chi connectivity index (χ4v) is 6.00. The number of H-pyrrole nitrogens is 1. The smallest absolute Gasteiger partial charge is 0.253 e. The van der Waals surface area contributed by atoms with Crippen LogP contribution in [0.15, 0.2) is 47.4 Å². The van der Waals surface area contributed by atoms with Crippen molar-refractivity contribution in [2.24, 2.45) is 0 Å². The van der Waals surface area contributed by atoms with E-state index in [9.17, 15) is 9.59 Å². The van der Waals surface area contributed by atoms with Crippen molar-refractivity contribution in [3.05, 3.63) is 86.5 Å². The number of fused-ring (bicyclic) bond motifs is 1. The third kappa shape index (κ3) is 6.29. The molecule has 5 rings (SSSR count). The summed E-state index contributed by atoms with van der Waals surface area (Å²) in [5.74, 6) is -0.205. The normalized spacial score (nSPS) is 13.9. The molecule has 0 saturated heterocycles. The second kappa shape index (κ2) is 12.4. The standard InChI is InChI=1S/C33H42N6O2/c1-21-16-22(2)36-33(41)29(21)18-35-32(40)27-17-28(25-12-10-24(11-13-25)19-38(5)15-14-34-4)30-20-39(26-8-6-7-9-26)37-31(30)23(27)3/h10-13,16-17,20,26,34H,6-9,14-15,18-19H2,1-5H3,(H,35,40)(H,36,41). The van der Waals surface area contributed by atoms with E-state index in [0.717, 1.165) is 71.3 Å². The van der Waals surface area contributed by atoms with E-state index >= 15 is 0 Å². The molecule has 0 radical (unpaired) electrons. The topological polar surface area (TPSA) is 95.1 Å². The highest BCUT2D eigenvalue weighted by atomic mass is 16.1. The minimum atomic E-state index is -0.205. The molecule has 0 spiro atoms. The number of carbonyl (C=O) groups is 1. The van der Waals surface area contributed by atoms with Gasteiger partial charge in [-0.3, -0.25) is 14.3 Å². The molecule has 4 aromatic rings. The first kappa shape index (κ1) is 28.8. The number of carbonyl (C=O) groups excluding carboxylic acids is 1. The number of hydrogen-bond acceptors (Lipinski definition) is 5. The van der Waals surface area contributed by atoms with Crippen molar-refractivity contribution in [3.63, 3.8) is 0 Å². The molecule has 2 aromatic heterocycles. The van der Waals surface area contributed by atoms with Gasteiger partial charge in [0, 0.05) is 54.6 Å². The van der Waals surface area contributed by atoms with Crippen LogP contribution in [-0.2, 0) is 13.1 Å². The molecule has 0 unspecified atom stereocenters. The zero-order valence-electron chi connectivity index (χ0n) is 24.9. The Morgan fingerprint density at radius 3 is 2.54 bits per heavy atom. The Kier molecular flexibility index (Phi) is 8.71. The fourth-order valence-electron chi connectivity index (χ4n) is 6.00. The van der Waals surface area contributed by atoms with E-state index in [1.807, 2.05) is 40.0 Å². The highest BCUT2D eigenvalue weighted by Gasteiger charge is 2.23. The summed E-state index contributed by atoms with van der Waals surface area (Å²) >= 11 is 0. The van der Waals surface area contributed by atoms with Crippen LogP contribution in [0, 0.1) is 20.8 Å². The Morgan fingerprint density at radius 1 is 1.12 bits per heavy atom. The van der Waals surface area contributed by atoms with Crippen LogP contribution in [0.4, 0.5) is 0 Å². The van der Waals surface area contributed by atoms with Gasteiger partial charge < -0.3 is 20.5 Å². The Morgan fingerprint density at radius 2 is 1.85 bits per heavy atom. The van der Waals surface area contributed by atoms with Gasteiger partial charge in [0.15, 0.2) is 0 Å². The number of nitrogens with zero attached hydrogens (tertiary/aromatic N) is 3. The number of pyridine rings is 1. The van der Waals surface area contributed by atoms with Crippen LogP contribution in [0.2, 0.25) is 0 Å². The number of aromatic nitrogens is 3. The van der Waals surface area contributed by atoms with Crippen LogP contribution in [0.5, 0.6) is 0 Å². The monoisotopic (exact) mass is 554 g/mol. The molecule has 216 valence electrons. The van der Waals surface area contributed by atoms with Gasteiger partial charge in [0.05, 0.1) is 11.6 Å². The summed E-state index contributed by atoms with van der Waals surface area (Å²) < 4.78 is 2.12. The number of rotatable bonds is 10. The van der Waals surface area contributed by atoms with Crippen LogP contribution in [0.3, 0.4) is 0 Å². The zero-order chi connectivity index (χ0) is 29.1. The van der Waals surface area contributed by atoms with Gasteiger partial charge in [0.1, 0.15) is 0 Å². The molecule has 2 heterocycles. The quantitative estimate of drug-likeness (QED) is 0.256. The first-order chi connectivity index (χ1) is 19.7.